The molecule has 0 aromatic heterocycles. The van der Waals surface area contributed by atoms with Crippen LogP contribution < -0.4 is 0 Å². The van der Waals surface area contributed by atoms with E-state index >= 15 is 0 Å². The molecule has 0 saturated carbocycles. The number of Topliss-reactive ketones (excluding diaryl/α,β-unsaturated/α-hetero) is 1. The van der Waals surface area contributed by atoms with Crippen molar-refractivity contribution in [1.29, 1.82) is 0 Å². The van der Waals surface area contributed by atoms with Crippen molar-refractivity contribution in [3.05, 3.63) is 0 Å². The summed E-state index contributed by atoms with van der Waals surface area (Å²) in [5, 5.41) is 0. The zero-order valence-corrected chi connectivity index (χ0v) is 10.1. The first kappa shape index (κ1) is 13.5. The summed E-state index contributed by atoms with van der Waals surface area (Å²) in [6, 6.07) is 0. The van der Waals surface area contributed by atoms with Crippen molar-refractivity contribution in [2.75, 3.05) is 18.1 Å². The zero-order chi connectivity index (χ0) is 11.2. The molecule has 0 unspecified atom stereocenters. The zero-order valence-electron chi connectivity index (χ0n) is 9.25. The highest BCUT2D eigenvalue weighted by Crippen LogP contribution is 2.17. The molecule has 0 aliphatic heterocycles. The normalized spacial score (nSPS) is 11.1. The molecule has 0 fully saturated rings. The Morgan fingerprint density at radius 3 is 2.21 bits per heavy atom. The molecule has 14 heavy (non-hydrogen) atoms. The Bertz CT molecular complexity index is 206. The Balaban J connectivity index is 3.65. The Morgan fingerprint density at radius 1 is 1.21 bits per heavy atom. The molecule has 0 bridgehead atoms. The minimum atomic E-state index is -0.318. The molecule has 0 N–H and O–H groups in total. The maximum absolute atomic E-state index is 11.4. The molecule has 0 aromatic carbocycles. The molecule has 3 nitrogen and oxygen atoms in total. The third-order valence-electron chi connectivity index (χ3n) is 1.59. The number of carbonyl (C=O) groups excluding carboxylic acids is 2. The molecule has 0 saturated heterocycles. The first-order valence-corrected chi connectivity index (χ1v) is 5.80. The summed E-state index contributed by atoms with van der Waals surface area (Å²) >= 11 is 1.31. The standard InChI is InChI=1S/C10H18O3S/c1-5-13-9(12)7-14-6-8(11)10(2,3)4/h5-7H2,1-4H3. The summed E-state index contributed by atoms with van der Waals surface area (Å²) in [6.45, 7) is 7.79. The average molecular weight is 218 g/mol. The van der Waals surface area contributed by atoms with Gasteiger partial charge in [-0.1, -0.05) is 20.8 Å². The minimum Gasteiger partial charge on any atom is -0.465 e. The van der Waals surface area contributed by atoms with Gasteiger partial charge < -0.3 is 4.74 Å². The molecule has 0 spiro atoms. The quantitative estimate of drug-likeness (QED) is 0.661. The number of thioether (sulfide) groups is 1. The lowest BCUT2D eigenvalue weighted by Gasteiger charge is -2.15. The van der Waals surface area contributed by atoms with Crippen LogP contribution in [0.4, 0.5) is 0 Å². The van der Waals surface area contributed by atoms with Gasteiger partial charge in [0.2, 0.25) is 0 Å². The van der Waals surface area contributed by atoms with Crippen molar-refractivity contribution in [1.82, 2.24) is 0 Å². The first-order valence-electron chi connectivity index (χ1n) is 4.64. The monoisotopic (exact) mass is 218 g/mol. The number of hydrogen-bond acceptors (Lipinski definition) is 4. The summed E-state index contributed by atoms with van der Waals surface area (Å²) in [4.78, 5) is 22.4. The molecular weight excluding hydrogens is 200 g/mol. The highest BCUT2D eigenvalue weighted by Gasteiger charge is 2.20. The molecular formula is C10H18O3S. The van der Waals surface area contributed by atoms with Gasteiger partial charge >= 0.3 is 5.97 Å². The molecule has 0 aliphatic rings. The predicted octanol–water partition coefficient (Wildman–Crippen LogP) is 1.90. The highest BCUT2D eigenvalue weighted by atomic mass is 32.2. The van der Waals surface area contributed by atoms with Gasteiger partial charge in [-0.25, -0.2) is 0 Å². The lowest BCUT2D eigenvalue weighted by Crippen LogP contribution is -2.22. The van der Waals surface area contributed by atoms with Crippen LogP contribution in [0, 0.1) is 5.41 Å². The van der Waals surface area contributed by atoms with Crippen molar-refractivity contribution in [2.24, 2.45) is 5.41 Å². The number of hydrogen-bond donors (Lipinski definition) is 0. The Morgan fingerprint density at radius 2 is 1.79 bits per heavy atom. The lowest BCUT2D eigenvalue weighted by molar-refractivity contribution is -0.139. The highest BCUT2D eigenvalue weighted by molar-refractivity contribution is 8.00. The number of esters is 1. The molecule has 0 rings (SSSR count). The first-order chi connectivity index (χ1) is 6.38. The van der Waals surface area contributed by atoms with Crippen LogP contribution in [0.2, 0.25) is 0 Å². The van der Waals surface area contributed by atoms with Crippen LogP contribution in [0.3, 0.4) is 0 Å². The van der Waals surface area contributed by atoms with E-state index in [2.05, 4.69) is 0 Å². The van der Waals surface area contributed by atoms with E-state index in [1.807, 2.05) is 20.8 Å². The molecule has 82 valence electrons. The van der Waals surface area contributed by atoms with Gasteiger partial charge in [0.25, 0.3) is 0 Å². The van der Waals surface area contributed by atoms with Crippen molar-refractivity contribution in [2.45, 2.75) is 27.7 Å². The van der Waals surface area contributed by atoms with Gasteiger partial charge in [0.05, 0.1) is 18.1 Å². The van der Waals surface area contributed by atoms with E-state index in [4.69, 9.17) is 4.74 Å². The summed E-state index contributed by atoms with van der Waals surface area (Å²) < 4.78 is 4.74. The molecule has 0 amide bonds. The molecule has 4 heteroatoms. The molecule has 0 aliphatic carbocycles. The van der Waals surface area contributed by atoms with E-state index in [-0.39, 0.29) is 22.9 Å². The van der Waals surface area contributed by atoms with Crippen LogP contribution >= 0.6 is 11.8 Å². The predicted molar refractivity (Wildman–Crippen MR) is 58.4 cm³/mol. The average Bonchev–Trinajstić information content (AvgIpc) is 2.02. The number of ether oxygens (including phenoxy) is 1. The molecule has 0 radical (unpaired) electrons. The van der Waals surface area contributed by atoms with Gasteiger partial charge in [0.1, 0.15) is 5.78 Å². The van der Waals surface area contributed by atoms with E-state index in [1.165, 1.54) is 11.8 Å². The van der Waals surface area contributed by atoms with Crippen molar-refractivity contribution in [3.63, 3.8) is 0 Å². The molecule has 0 atom stereocenters. The van der Waals surface area contributed by atoms with Crippen molar-refractivity contribution in [3.8, 4) is 0 Å². The fraction of sp³-hybridized carbons (Fsp3) is 0.800. The number of carbonyl (C=O) groups is 2. The fourth-order valence-electron chi connectivity index (χ4n) is 0.646. The fourth-order valence-corrected chi connectivity index (χ4v) is 1.62. The van der Waals surface area contributed by atoms with Crippen LogP contribution in [-0.4, -0.2) is 29.9 Å². The second kappa shape index (κ2) is 6.06. The van der Waals surface area contributed by atoms with Gasteiger partial charge in [0.15, 0.2) is 0 Å². The maximum Gasteiger partial charge on any atom is 0.315 e. The van der Waals surface area contributed by atoms with E-state index in [0.717, 1.165) is 0 Å². The van der Waals surface area contributed by atoms with Gasteiger partial charge in [-0.3, -0.25) is 9.59 Å². The maximum atomic E-state index is 11.4. The SMILES string of the molecule is CCOC(=O)CSCC(=O)C(C)(C)C. The Kier molecular flexibility index (Phi) is 5.84. The van der Waals surface area contributed by atoms with Crippen LogP contribution in [-0.2, 0) is 14.3 Å². The van der Waals surface area contributed by atoms with Gasteiger partial charge in [-0.05, 0) is 6.92 Å². The van der Waals surface area contributed by atoms with E-state index in [1.54, 1.807) is 6.92 Å². The van der Waals surface area contributed by atoms with Crippen molar-refractivity contribution < 1.29 is 14.3 Å². The molecule has 0 heterocycles. The lowest BCUT2D eigenvalue weighted by atomic mass is 9.92. The minimum absolute atomic E-state index is 0.159. The van der Waals surface area contributed by atoms with Crippen LogP contribution in [0.15, 0.2) is 0 Å². The Hall–Kier alpha value is -0.510. The third-order valence-corrected chi connectivity index (χ3v) is 2.50. The molecule has 0 aromatic rings. The Labute approximate surface area is 89.6 Å². The van der Waals surface area contributed by atoms with Crippen LogP contribution in [0.25, 0.3) is 0 Å². The van der Waals surface area contributed by atoms with E-state index < -0.39 is 0 Å². The van der Waals surface area contributed by atoms with Gasteiger partial charge in [-0.15, -0.1) is 11.8 Å². The summed E-state index contributed by atoms with van der Waals surface area (Å²) in [5.74, 6) is 0.545. The summed E-state index contributed by atoms with van der Waals surface area (Å²) in [5.41, 5.74) is -0.318. The third kappa shape index (κ3) is 6.02. The van der Waals surface area contributed by atoms with Crippen molar-refractivity contribution >= 4 is 23.5 Å². The van der Waals surface area contributed by atoms with E-state index in [0.29, 0.717) is 12.4 Å². The summed E-state index contributed by atoms with van der Waals surface area (Å²) in [6.07, 6.45) is 0. The summed E-state index contributed by atoms with van der Waals surface area (Å²) in [7, 11) is 0. The number of rotatable bonds is 5. The topological polar surface area (TPSA) is 43.4 Å². The van der Waals surface area contributed by atoms with E-state index in [9.17, 15) is 9.59 Å². The smallest absolute Gasteiger partial charge is 0.315 e. The largest absolute Gasteiger partial charge is 0.465 e. The van der Waals surface area contributed by atoms with Crippen LogP contribution in [0.5, 0.6) is 0 Å². The van der Waals surface area contributed by atoms with Crippen LogP contribution in [0.1, 0.15) is 27.7 Å². The van der Waals surface area contributed by atoms with Gasteiger partial charge in [0, 0.05) is 5.41 Å². The number of ketones is 1. The second-order valence-corrected chi connectivity index (χ2v) is 4.96. The second-order valence-electron chi connectivity index (χ2n) is 3.97. The van der Waals surface area contributed by atoms with Gasteiger partial charge in [-0.2, -0.15) is 0 Å².